The number of hydrogen-bond donors (Lipinski definition) is 2. The van der Waals surface area contributed by atoms with Crippen molar-refractivity contribution in [3.05, 3.63) is 57.0 Å². The van der Waals surface area contributed by atoms with Crippen LogP contribution in [-0.2, 0) is 19.7 Å². The Morgan fingerprint density at radius 3 is 2.32 bits per heavy atom. The Bertz CT molecular complexity index is 1190. The molecule has 3 rings (SSSR count). The molecule has 2 amide bonds. The van der Waals surface area contributed by atoms with E-state index in [1.807, 2.05) is 0 Å². The van der Waals surface area contributed by atoms with Gasteiger partial charge in [-0.15, -0.1) is 0 Å². The van der Waals surface area contributed by atoms with Crippen LogP contribution in [-0.4, -0.2) is 32.0 Å². The van der Waals surface area contributed by atoms with E-state index in [1.54, 1.807) is 6.92 Å². The number of halogens is 2. The molecule has 0 bridgehead atoms. The smallest absolute Gasteiger partial charge is 0.339 e. The summed E-state index contributed by atoms with van der Waals surface area (Å²) in [6, 6.07) is 8.41. The zero-order chi connectivity index (χ0) is 22.8. The van der Waals surface area contributed by atoms with E-state index in [4.69, 9.17) is 32.7 Å². The summed E-state index contributed by atoms with van der Waals surface area (Å²) in [6.45, 7) is 1.92. The minimum absolute atomic E-state index is 0.0838. The van der Waals surface area contributed by atoms with Crippen LogP contribution in [0.4, 0.5) is 0 Å². The summed E-state index contributed by atoms with van der Waals surface area (Å²) in [5.74, 6) is -1.31. The fourth-order valence-electron chi connectivity index (χ4n) is 2.55. The fourth-order valence-corrected chi connectivity index (χ4v) is 4.46. The van der Waals surface area contributed by atoms with Gasteiger partial charge in [-0.1, -0.05) is 11.6 Å². The molecule has 2 aromatic carbocycles. The molecule has 0 aromatic heterocycles. The first-order valence-corrected chi connectivity index (χ1v) is 11.6. The van der Waals surface area contributed by atoms with Crippen molar-refractivity contribution in [3.8, 4) is 11.5 Å². The van der Waals surface area contributed by atoms with Crippen molar-refractivity contribution >= 4 is 72.9 Å². The van der Waals surface area contributed by atoms with E-state index in [9.17, 15) is 18.0 Å². The van der Waals surface area contributed by atoms with Gasteiger partial charge in [0, 0.05) is 5.02 Å². The van der Waals surface area contributed by atoms with Crippen LogP contribution in [0.3, 0.4) is 0 Å². The van der Waals surface area contributed by atoms with Gasteiger partial charge in [-0.25, -0.2) is 0 Å². The summed E-state index contributed by atoms with van der Waals surface area (Å²) >= 11 is 13.8. The SMILES string of the molecule is CCOc1cc(C=C2C(=O)NC(=S)NC2=O)cc(Br)c1OS(=O)(=O)c1ccc(Cl)cc1. The predicted molar refractivity (Wildman–Crippen MR) is 121 cm³/mol. The highest BCUT2D eigenvalue weighted by Crippen LogP contribution is 2.39. The highest BCUT2D eigenvalue weighted by atomic mass is 79.9. The quantitative estimate of drug-likeness (QED) is 0.248. The highest BCUT2D eigenvalue weighted by molar-refractivity contribution is 9.10. The Kier molecular flexibility index (Phi) is 6.99. The molecule has 12 heteroatoms. The molecule has 0 aliphatic carbocycles. The van der Waals surface area contributed by atoms with Crippen LogP contribution in [0.2, 0.25) is 5.02 Å². The van der Waals surface area contributed by atoms with Crippen molar-refractivity contribution < 1.29 is 26.9 Å². The second-order valence-corrected chi connectivity index (χ2v) is 9.30. The van der Waals surface area contributed by atoms with Gasteiger partial charge in [-0.05, 0) is 83.1 Å². The van der Waals surface area contributed by atoms with Crippen molar-refractivity contribution in [1.82, 2.24) is 10.6 Å². The third-order valence-corrected chi connectivity index (χ3v) is 6.16. The maximum absolute atomic E-state index is 12.7. The van der Waals surface area contributed by atoms with Gasteiger partial charge < -0.3 is 8.92 Å². The molecule has 1 aliphatic rings. The van der Waals surface area contributed by atoms with E-state index in [1.165, 1.54) is 42.5 Å². The number of amides is 2. The molecule has 1 heterocycles. The lowest BCUT2D eigenvalue weighted by atomic mass is 10.1. The molecule has 162 valence electrons. The van der Waals surface area contributed by atoms with Gasteiger partial charge in [0.15, 0.2) is 16.6 Å². The van der Waals surface area contributed by atoms with Crippen molar-refractivity contribution in [2.45, 2.75) is 11.8 Å². The van der Waals surface area contributed by atoms with E-state index in [0.29, 0.717) is 10.6 Å². The number of ether oxygens (including phenoxy) is 1. The summed E-state index contributed by atoms with van der Waals surface area (Å²) in [5.41, 5.74) is 0.213. The van der Waals surface area contributed by atoms with E-state index >= 15 is 0 Å². The number of nitrogens with one attached hydrogen (secondary N) is 2. The van der Waals surface area contributed by atoms with Crippen LogP contribution >= 0.6 is 39.7 Å². The van der Waals surface area contributed by atoms with Crippen LogP contribution in [0.25, 0.3) is 6.08 Å². The van der Waals surface area contributed by atoms with Crippen LogP contribution in [0.1, 0.15) is 12.5 Å². The van der Waals surface area contributed by atoms with Crippen molar-refractivity contribution in [2.75, 3.05) is 6.61 Å². The number of carbonyl (C=O) groups is 2. The lowest BCUT2D eigenvalue weighted by Crippen LogP contribution is -2.51. The summed E-state index contributed by atoms with van der Waals surface area (Å²) in [7, 11) is -4.18. The van der Waals surface area contributed by atoms with Crippen molar-refractivity contribution in [3.63, 3.8) is 0 Å². The Morgan fingerprint density at radius 2 is 1.74 bits per heavy atom. The fraction of sp³-hybridized carbons (Fsp3) is 0.105. The molecule has 0 spiro atoms. The third kappa shape index (κ3) is 5.42. The number of hydrogen-bond acceptors (Lipinski definition) is 7. The first-order valence-electron chi connectivity index (χ1n) is 8.65. The van der Waals surface area contributed by atoms with Crippen LogP contribution in [0.15, 0.2) is 51.3 Å². The van der Waals surface area contributed by atoms with Gasteiger partial charge >= 0.3 is 10.1 Å². The number of thiocarbonyl (C=S) groups is 1. The Hall–Kier alpha value is -2.47. The molecule has 2 N–H and O–H groups in total. The molecule has 1 saturated heterocycles. The number of rotatable bonds is 6. The maximum atomic E-state index is 12.7. The monoisotopic (exact) mass is 544 g/mol. The minimum Gasteiger partial charge on any atom is -0.490 e. The number of benzene rings is 2. The lowest BCUT2D eigenvalue weighted by Gasteiger charge is -2.17. The van der Waals surface area contributed by atoms with Crippen molar-refractivity contribution in [2.24, 2.45) is 0 Å². The van der Waals surface area contributed by atoms with Gasteiger partial charge in [0.05, 0.1) is 11.1 Å². The van der Waals surface area contributed by atoms with Crippen LogP contribution < -0.4 is 19.6 Å². The largest absolute Gasteiger partial charge is 0.490 e. The molecule has 2 aromatic rings. The number of carbonyl (C=O) groups excluding carboxylic acids is 2. The zero-order valence-corrected chi connectivity index (χ0v) is 19.7. The molecule has 1 aliphatic heterocycles. The van der Waals surface area contributed by atoms with E-state index < -0.39 is 21.9 Å². The Labute approximate surface area is 196 Å². The van der Waals surface area contributed by atoms with Crippen LogP contribution in [0.5, 0.6) is 11.5 Å². The molecule has 1 fully saturated rings. The van der Waals surface area contributed by atoms with Gasteiger partial charge in [0.25, 0.3) is 11.8 Å². The Balaban J connectivity index is 2.00. The van der Waals surface area contributed by atoms with E-state index in [-0.39, 0.29) is 38.2 Å². The molecule has 0 saturated carbocycles. The average molecular weight is 546 g/mol. The molecule has 31 heavy (non-hydrogen) atoms. The first-order chi connectivity index (χ1) is 14.6. The van der Waals surface area contributed by atoms with E-state index in [2.05, 4.69) is 26.6 Å². The predicted octanol–water partition coefficient (Wildman–Crippen LogP) is 3.18. The molecular formula is C19H14BrClN2O6S2. The maximum Gasteiger partial charge on any atom is 0.339 e. The van der Waals surface area contributed by atoms with Crippen LogP contribution in [0, 0.1) is 0 Å². The van der Waals surface area contributed by atoms with E-state index in [0.717, 1.165) is 0 Å². The van der Waals surface area contributed by atoms with Gasteiger partial charge in [0.1, 0.15) is 10.5 Å². The summed E-state index contributed by atoms with van der Waals surface area (Å²) < 4.78 is 36.4. The topological polar surface area (TPSA) is 111 Å². The standard InChI is InChI=1S/C19H14BrClN2O6S2/c1-2-28-15-9-10(7-13-17(24)22-19(30)23-18(13)25)8-14(20)16(15)29-31(26,27)12-5-3-11(21)4-6-12/h3-9H,2H2,1H3,(H2,22,23,24,25,30). The molecular weight excluding hydrogens is 532 g/mol. The highest BCUT2D eigenvalue weighted by Gasteiger charge is 2.27. The zero-order valence-electron chi connectivity index (χ0n) is 15.8. The normalized spacial score (nSPS) is 14.0. The molecule has 0 radical (unpaired) electrons. The summed E-state index contributed by atoms with van der Waals surface area (Å²) in [4.78, 5) is 24.0. The molecule has 0 atom stereocenters. The second kappa shape index (κ2) is 9.35. The minimum atomic E-state index is -4.18. The first kappa shape index (κ1) is 23.2. The Morgan fingerprint density at radius 1 is 1.13 bits per heavy atom. The van der Waals surface area contributed by atoms with Gasteiger partial charge in [-0.2, -0.15) is 8.42 Å². The van der Waals surface area contributed by atoms with Gasteiger partial charge in [0.2, 0.25) is 0 Å². The van der Waals surface area contributed by atoms with Crippen molar-refractivity contribution in [1.29, 1.82) is 0 Å². The third-order valence-electron chi connectivity index (χ3n) is 3.88. The molecule has 0 unspecified atom stereocenters. The average Bonchev–Trinajstić information content (AvgIpc) is 2.68. The summed E-state index contributed by atoms with van der Waals surface area (Å²) in [5, 5.41) is 4.96. The van der Waals surface area contributed by atoms with Gasteiger partial charge in [-0.3, -0.25) is 20.2 Å². The summed E-state index contributed by atoms with van der Waals surface area (Å²) in [6.07, 6.45) is 1.32. The lowest BCUT2D eigenvalue weighted by molar-refractivity contribution is -0.123. The molecule has 8 nitrogen and oxygen atoms in total. The second-order valence-electron chi connectivity index (χ2n) is 6.05.